The molecule has 1 aromatic heterocycles. The summed E-state index contributed by atoms with van der Waals surface area (Å²) in [6, 6.07) is 3.94. The van der Waals surface area contributed by atoms with E-state index in [2.05, 4.69) is 9.88 Å². The zero-order valence-corrected chi connectivity index (χ0v) is 9.89. The summed E-state index contributed by atoms with van der Waals surface area (Å²) in [6.45, 7) is 1.94. The lowest BCUT2D eigenvalue weighted by Crippen LogP contribution is -2.10. The van der Waals surface area contributed by atoms with Gasteiger partial charge in [-0.15, -0.1) is 0 Å². The smallest absolute Gasteiger partial charge is 0.213 e. The molecule has 0 aromatic carbocycles. The third-order valence-corrected chi connectivity index (χ3v) is 1.93. The van der Waals surface area contributed by atoms with Crippen LogP contribution in [-0.2, 0) is 6.54 Å². The molecule has 0 atom stereocenters. The summed E-state index contributed by atoms with van der Waals surface area (Å²) in [5, 5.41) is 0. The molecule has 0 saturated carbocycles. The predicted molar refractivity (Wildman–Crippen MR) is 65.3 cm³/mol. The normalized spacial score (nSPS) is 11.2. The van der Waals surface area contributed by atoms with Crippen LogP contribution in [0.5, 0.6) is 5.88 Å². The van der Waals surface area contributed by atoms with E-state index < -0.39 is 0 Å². The van der Waals surface area contributed by atoms with Crippen LogP contribution in [0.3, 0.4) is 0 Å². The van der Waals surface area contributed by atoms with Crippen LogP contribution in [0.2, 0.25) is 0 Å². The molecule has 1 heterocycles. The van der Waals surface area contributed by atoms with Gasteiger partial charge >= 0.3 is 0 Å². The Hall–Kier alpha value is -1.39. The first-order chi connectivity index (χ1) is 7.72. The Kier molecular flexibility index (Phi) is 5.53. The minimum atomic E-state index is 0.510. The minimum absolute atomic E-state index is 0.510. The van der Waals surface area contributed by atoms with Gasteiger partial charge in [0.2, 0.25) is 5.88 Å². The van der Waals surface area contributed by atoms with Crippen molar-refractivity contribution in [3.63, 3.8) is 0 Å². The summed E-state index contributed by atoms with van der Waals surface area (Å²) in [7, 11) is 4.07. The molecule has 0 aliphatic rings. The van der Waals surface area contributed by atoms with E-state index in [9.17, 15) is 0 Å². The second kappa shape index (κ2) is 6.98. The molecule has 0 amide bonds. The van der Waals surface area contributed by atoms with Crippen LogP contribution in [0.25, 0.3) is 0 Å². The lowest BCUT2D eigenvalue weighted by Gasteiger charge is -2.10. The maximum Gasteiger partial charge on any atom is 0.213 e. The van der Waals surface area contributed by atoms with Gasteiger partial charge in [-0.25, -0.2) is 4.98 Å². The summed E-state index contributed by atoms with van der Waals surface area (Å²) < 4.78 is 5.46. The van der Waals surface area contributed by atoms with Crippen LogP contribution >= 0.6 is 0 Å². The van der Waals surface area contributed by atoms with E-state index >= 15 is 0 Å². The van der Waals surface area contributed by atoms with E-state index in [4.69, 9.17) is 10.5 Å². The van der Waals surface area contributed by atoms with Crippen molar-refractivity contribution in [2.45, 2.75) is 6.54 Å². The Balaban J connectivity index is 2.50. The zero-order chi connectivity index (χ0) is 11.8. The largest absolute Gasteiger partial charge is 0.473 e. The number of hydrogen-bond donors (Lipinski definition) is 1. The second-order valence-corrected chi connectivity index (χ2v) is 3.76. The van der Waals surface area contributed by atoms with E-state index in [1.807, 2.05) is 38.4 Å². The monoisotopic (exact) mass is 221 g/mol. The molecule has 4 nitrogen and oxygen atoms in total. The first-order valence-electron chi connectivity index (χ1n) is 5.30. The standard InChI is InChI=1S/C12H19N3O/c1-15(2)10-11-5-7-14-12(9-11)16-8-4-3-6-13/h3-5,7,9H,6,8,10,13H2,1-2H3/b4-3-. The zero-order valence-electron chi connectivity index (χ0n) is 9.89. The fraction of sp³-hybridized carbons (Fsp3) is 0.417. The highest BCUT2D eigenvalue weighted by molar-refractivity contribution is 5.20. The van der Waals surface area contributed by atoms with Crippen LogP contribution in [0, 0.1) is 0 Å². The van der Waals surface area contributed by atoms with Gasteiger partial charge in [0.15, 0.2) is 0 Å². The number of hydrogen-bond acceptors (Lipinski definition) is 4. The van der Waals surface area contributed by atoms with E-state index in [-0.39, 0.29) is 0 Å². The number of rotatable bonds is 6. The van der Waals surface area contributed by atoms with Crippen molar-refractivity contribution in [2.75, 3.05) is 27.2 Å². The van der Waals surface area contributed by atoms with Crippen LogP contribution in [0.15, 0.2) is 30.5 Å². The van der Waals surface area contributed by atoms with E-state index in [1.165, 1.54) is 5.56 Å². The van der Waals surface area contributed by atoms with Crippen molar-refractivity contribution in [2.24, 2.45) is 5.73 Å². The van der Waals surface area contributed by atoms with Gasteiger partial charge in [0.25, 0.3) is 0 Å². The SMILES string of the molecule is CN(C)Cc1ccnc(OC/C=C\CN)c1. The second-order valence-electron chi connectivity index (χ2n) is 3.76. The van der Waals surface area contributed by atoms with Crippen molar-refractivity contribution in [1.82, 2.24) is 9.88 Å². The van der Waals surface area contributed by atoms with Gasteiger partial charge in [-0.05, 0) is 25.7 Å². The summed E-state index contributed by atoms with van der Waals surface area (Å²) in [6.07, 6.45) is 5.52. The number of ether oxygens (including phenoxy) is 1. The summed E-state index contributed by atoms with van der Waals surface area (Å²) in [5.41, 5.74) is 6.52. The van der Waals surface area contributed by atoms with Crippen LogP contribution in [-0.4, -0.2) is 37.1 Å². The minimum Gasteiger partial charge on any atom is -0.473 e. The average Bonchev–Trinajstić information content (AvgIpc) is 2.24. The highest BCUT2D eigenvalue weighted by Gasteiger charge is 1.98. The Morgan fingerprint density at radius 2 is 2.25 bits per heavy atom. The van der Waals surface area contributed by atoms with Crippen molar-refractivity contribution >= 4 is 0 Å². The van der Waals surface area contributed by atoms with Crippen LogP contribution in [0.1, 0.15) is 5.56 Å². The van der Waals surface area contributed by atoms with E-state index in [0.29, 0.717) is 19.0 Å². The quantitative estimate of drug-likeness (QED) is 0.729. The summed E-state index contributed by atoms with van der Waals surface area (Å²) in [5.74, 6) is 0.654. The maximum absolute atomic E-state index is 5.46. The van der Waals surface area contributed by atoms with Gasteiger partial charge in [-0.1, -0.05) is 12.2 Å². The molecule has 0 spiro atoms. The Morgan fingerprint density at radius 3 is 2.94 bits per heavy atom. The third-order valence-electron chi connectivity index (χ3n) is 1.93. The molecule has 16 heavy (non-hydrogen) atoms. The van der Waals surface area contributed by atoms with Crippen molar-refractivity contribution < 1.29 is 4.74 Å². The topological polar surface area (TPSA) is 51.4 Å². The molecule has 88 valence electrons. The molecular formula is C12H19N3O. The number of nitrogens with zero attached hydrogens (tertiary/aromatic N) is 2. The summed E-state index contributed by atoms with van der Waals surface area (Å²) >= 11 is 0. The molecule has 0 fully saturated rings. The third kappa shape index (κ3) is 4.91. The first-order valence-corrected chi connectivity index (χ1v) is 5.30. The molecule has 1 rings (SSSR count). The molecule has 0 bridgehead atoms. The van der Waals surface area contributed by atoms with Crippen molar-refractivity contribution in [3.05, 3.63) is 36.0 Å². The highest BCUT2D eigenvalue weighted by atomic mass is 16.5. The van der Waals surface area contributed by atoms with Crippen LogP contribution < -0.4 is 10.5 Å². The van der Waals surface area contributed by atoms with Gasteiger partial charge in [0.05, 0.1) is 0 Å². The predicted octanol–water partition coefficient (Wildman–Crippen LogP) is 1.04. The van der Waals surface area contributed by atoms with Gasteiger partial charge in [-0.3, -0.25) is 0 Å². The number of pyridine rings is 1. The summed E-state index contributed by atoms with van der Waals surface area (Å²) in [4.78, 5) is 6.24. The lowest BCUT2D eigenvalue weighted by atomic mass is 10.2. The van der Waals surface area contributed by atoms with E-state index in [1.54, 1.807) is 6.20 Å². The van der Waals surface area contributed by atoms with E-state index in [0.717, 1.165) is 6.54 Å². The molecule has 2 N–H and O–H groups in total. The maximum atomic E-state index is 5.46. The molecule has 1 aromatic rings. The Morgan fingerprint density at radius 1 is 1.44 bits per heavy atom. The van der Waals surface area contributed by atoms with Crippen molar-refractivity contribution in [1.29, 1.82) is 0 Å². The molecule has 0 radical (unpaired) electrons. The fourth-order valence-electron chi connectivity index (χ4n) is 1.29. The molecule has 0 aliphatic carbocycles. The molecule has 4 heteroatoms. The molecule has 0 saturated heterocycles. The van der Waals surface area contributed by atoms with Gasteiger partial charge in [0, 0.05) is 25.4 Å². The molecular weight excluding hydrogens is 202 g/mol. The molecule has 0 unspecified atom stereocenters. The first kappa shape index (κ1) is 12.7. The Labute approximate surface area is 96.7 Å². The van der Waals surface area contributed by atoms with Gasteiger partial charge in [0.1, 0.15) is 6.61 Å². The fourth-order valence-corrected chi connectivity index (χ4v) is 1.29. The van der Waals surface area contributed by atoms with Gasteiger partial charge < -0.3 is 15.4 Å². The average molecular weight is 221 g/mol. The highest BCUT2D eigenvalue weighted by Crippen LogP contribution is 2.10. The Bertz CT molecular complexity index is 337. The van der Waals surface area contributed by atoms with Gasteiger partial charge in [-0.2, -0.15) is 0 Å². The number of nitrogens with two attached hydrogens (primary N) is 1. The molecule has 0 aliphatic heterocycles. The van der Waals surface area contributed by atoms with Crippen LogP contribution in [0.4, 0.5) is 0 Å². The van der Waals surface area contributed by atoms with Crippen molar-refractivity contribution in [3.8, 4) is 5.88 Å². The number of aromatic nitrogens is 1. The lowest BCUT2D eigenvalue weighted by molar-refractivity contribution is 0.345.